The van der Waals surface area contributed by atoms with E-state index in [0.717, 1.165) is 62.0 Å². The quantitative estimate of drug-likeness (QED) is 0.0709. The Bertz CT molecular complexity index is 2360. The van der Waals surface area contributed by atoms with Crippen LogP contribution < -0.4 is 24.8 Å². The lowest BCUT2D eigenvalue weighted by atomic mass is 9.72. The number of pyridine rings is 1. The summed E-state index contributed by atoms with van der Waals surface area (Å²) in [4.78, 5) is 17.5. The molecule has 1 saturated heterocycles. The van der Waals surface area contributed by atoms with Gasteiger partial charge in [0.2, 0.25) is 5.88 Å². The summed E-state index contributed by atoms with van der Waals surface area (Å²) in [6.45, 7) is 7.69. The summed E-state index contributed by atoms with van der Waals surface area (Å²) >= 11 is 12.5. The summed E-state index contributed by atoms with van der Waals surface area (Å²) in [5.41, 5.74) is 5.63. The van der Waals surface area contributed by atoms with Gasteiger partial charge < -0.3 is 24.8 Å². The standard InChI is InChI=1S/C42H46Cl2N6O6S/c1-42(2)16-14-28(34(23-42)27-8-10-29(43)11-9-27)24-45-17-18-46-30-12-13-33(39(21-30)56-38-7-3-6-37-35(38)26-48-49-37)40(51)50-57(52,53)32-22-36(44)41(47-25-32)55-20-15-31-5-4-19-54-31/h3,6-13,21-22,25-26,31,45-46H,4-5,14-20,23-24H2,1-2H3,(H,48,49)(H,50,51). The zero-order chi connectivity index (χ0) is 40.0. The average molecular weight is 834 g/mol. The Morgan fingerprint density at radius 2 is 1.88 bits per heavy atom. The third-order valence-electron chi connectivity index (χ3n) is 10.3. The molecule has 300 valence electrons. The minimum Gasteiger partial charge on any atom is -0.477 e. The molecule has 15 heteroatoms. The number of nitrogens with one attached hydrogen (secondary N) is 4. The Kier molecular flexibility index (Phi) is 12.7. The van der Waals surface area contributed by atoms with E-state index in [9.17, 15) is 13.2 Å². The highest BCUT2D eigenvalue weighted by atomic mass is 35.5. The van der Waals surface area contributed by atoms with E-state index in [2.05, 4.69) is 56.5 Å². The van der Waals surface area contributed by atoms with Gasteiger partial charge in [0, 0.05) is 49.4 Å². The molecule has 1 unspecified atom stereocenters. The first kappa shape index (κ1) is 40.5. The highest BCUT2D eigenvalue weighted by Gasteiger charge is 2.28. The van der Waals surface area contributed by atoms with Gasteiger partial charge in [0.05, 0.1) is 41.6 Å². The summed E-state index contributed by atoms with van der Waals surface area (Å²) in [5.74, 6) is -0.224. The number of allylic oxidation sites excluding steroid dienone is 1. The predicted octanol–water partition coefficient (Wildman–Crippen LogP) is 8.79. The van der Waals surface area contributed by atoms with Crippen LogP contribution in [0.3, 0.4) is 0 Å². The van der Waals surface area contributed by atoms with Crippen molar-refractivity contribution < 1.29 is 27.4 Å². The third kappa shape index (κ3) is 10.3. The van der Waals surface area contributed by atoms with Crippen molar-refractivity contribution in [3.8, 4) is 17.4 Å². The number of halogens is 2. The largest absolute Gasteiger partial charge is 0.477 e. The van der Waals surface area contributed by atoms with Crippen molar-refractivity contribution in [2.24, 2.45) is 5.41 Å². The maximum Gasteiger partial charge on any atom is 0.268 e. The van der Waals surface area contributed by atoms with E-state index in [4.69, 9.17) is 37.4 Å². The number of fused-ring (bicyclic) bond motifs is 1. The molecule has 3 aromatic carbocycles. The number of rotatable bonds is 16. The fourth-order valence-electron chi connectivity index (χ4n) is 7.13. The van der Waals surface area contributed by atoms with E-state index in [1.54, 1.807) is 30.5 Å². The van der Waals surface area contributed by atoms with Gasteiger partial charge >= 0.3 is 0 Å². The van der Waals surface area contributed by atoms with Crippen LogP contribution in [0.25, 0.3) is 16.5 Å². The number of nitrogens with zero attached hydrogens (tertiary/aromatic N) is 2. The van der Waals surface area contributed by atoms with Gasteiger partial charge in [0.25, 0.3) is 15.9 Å². The summed E-state index contributed by atoms with van der Waals surface area (Å²) in [6, 6.07) is 19.6. The zero-order valence-electron chi connectivity index (χ0n) is 31.9. The number of carbonyl (C=O) groups is 1. The first-order valence-electron chi connectivity index (χ1n) is 19.1. The molecule has 4 N–H and O–H groups in total. The molecule has 1 fully saturated rings. The summed E-state index contributed by atoms with van der Waals surface area (Å²) in [7, 11) is -4.39. The van der Waals surface area contributed by atoms with E-state index < -0.39 is 15.9 Å². The molecule has 2 aromatic heterocycles. The van der Waals surface area contributed by atoms with Crippen molar-refractivity contribution in [2.45, 2.75) is 63.4 Å². The Labute approximate surface area is 342 Å². The van der Waals surface area contributed by atoms with Crippen molar-refractivity contribution in [1.82, 2.24) is 25.2 Å². The fourth-order valence-corrected chi connectivity index (χ4v) is 8.48. The number of ether oxygens (including phenoxy) is 3. The number of aromatic nitrogens is 3. The second-order valence-corrected chi connectivity index (χ2v) is 17.6. The lowest BCUT2D eigenvalue weighted by Gasteiger charge is -2.34. The molecule has 0 spiro atoms. The normalized spacial score (nSPS) is 16.8. The van der Waals surface area contributed by atoms with Crippen LogP contribution >= 0.6 is 23.2 Å². The van der Waals surface area contributed by atoms with E-state index in [1.807, 2.05) is 18.2 Å². The number of anilines is 1. The molecule has 0 bridgehead atoms. The smallest absolute Gasteiger partial charge is 0.268 e. The van der Waals surface area contributed by atoms with E-state index in [1.165, 1.54) is 28.8 Å². The van der Waals surface area contributed by atoms with Crippen molar-refractivity contribution in [3.05, 3.63) is 106 Å². The van der Waals surface area contributed by atoms with Gasteiger partial charge in [-0.25, -0.2) is 18.1 Å². The van der Waals surface area contributed by atoms with Gasteiger partial charge in [-0.2, -0.15) is 5.10 Å². The van der Waals surface area contributed by atoms with E-state index in [0.29, 0.717) is 42.9 Å². The Balaban J connectivity index is 1.03. The van der Waals surface area contributed by atoms with Gasteiger partial charge in [-0.1, -0.05) is 60.8 Å². The molecule has 57 heavy (non-hydrogen) atoms. The van der Waals surface area contributed by atoms with Gasteiger partial charge in [-0.3, -0.25) is 9.89 Å². The highest BCUT2D eigenvalue weighted by molar-refractivity contribution is 7.90. The van der Waals surface area contributed by atoms with Crippen LogP contribution in [0.5, 0.6) is 17.4 Å². The van der Waals surface area contributed by atoms with Crippen LogP contribution in [0, 0.1) is 5.41 Å². The first-order chi connectivity index (χ1) is 27.4. The third-order valence-corrected chi connectivity index (χ3v) is 12.1. The van der Waals surface area contributed by atoms with Crippen LogP contribution in [0.1, 0.15) is 68.3 Å². The molecule has 2 aliphatic rings. The number of benzene rings is 3. The minimum atomic E-state index is -4.39. The molecule has 1 aliphatic carbocycles. The van der Waals surface area contributed by atoms with Crippen LogP contribution in [-0.4, -0.2) is 68.5 Å². The fraction of sp³-hybridized carbons (Fsp3) is 0.357. The Morgan fingerprint density at radius 3 is 2.67 bits per heavy atom. The SMILES string of the molecule is CC1(C)CCC(CNCCNc2ccc(C(=O)NS(=O)(=O)c3cnc(OCCC4CCCO4)c(Cl)c3)c(Oc3cccc4[nH]ncc34)c2)=C(c2ccc(Cl)cc2)C1. The molecule has 12 nitrogen and oxygen atoms in total. The van der Waals surface area contributed by atoms with E-state index >= 15 is 0 Å². The lowest BCUT2D eigenvalue weighted by molar-refractivity contribution is 0.0896. The number of aromatic amines is 1. The second kappa shape index (κ2) is 17.9. The van der Waals surface area contributed by atoms with Gasteiger partial charge in [-0.15, -0.1) is 0 Å². The highest BCUT2D eigenvalue weighted by Crippen LogP contribution is 2.43. The lowest BCUT2D eigenvalue weighted by Crippen LogP contribution is -2.31. The molecule has 1 atom stereocenters. The van der Waals surface area contributed by atoms with Crippen LogP contribution in [-0.2, 0) is 14.8 Å². The van der Waals surface area contributed by atoms with Crippen LogP contribution in [0.2, 0.25) is 10.0 Å². The van der Waals surface area contributed by atoms with Crippen LogP contribution in [0.4, 0.5) is 5.69 Å². The molecule has 0 saturated carbocycles. The average Bonchev–Trinajstić information content (AvgIpc) is 3.89. The topological polar surface area (TPSA) is 157 Å². The van der Waals surface area contributed by atoms with E-state index in [-0.39, 0.29) is 38.6 Å². The van der Waals surface area contributed by atoms with Gasteiger partial charge in [0.15, 0.2) is 0 Å². The molecule has 3 heterocycles. The molecule has 1 amide bonds. The molecule has 1 aliphatic heterocycles. The Morgan fingerprint density at radius 1 is 1.04 bits per heavy atom. The molecule has 7 rings (SSSR count). The van der Waals surface area contributed by atoms with Crippen molar-refractivity contribution in [2.75, 3.05) is 38.2 Å². The van der Waals surface area contributed by atoms with Crippen LogP contribution in [0.15, 0.2) is 89.6 Å². The molecule has 0 radical (unpaired) electrons. The predicted molar refractivity (Wildman–Crippen MR) is 223 cm³/mol. The number of carbonyl (C=O) groups excluding carboxylic acids is 1. The first-order valence-corrected chi connectivity index (χ1v) is 21.3. The maximum atomic E-state index is 13.7. The number of amides is 1. The number of hydrogen-bond donors (Lipinski definition) is 4. The summed E-state index contributed by atoms with van der Waals surface area (Å²) < 4.78 is 46.6. The minimum absolute atomic E-state index is 0.00113. The zero-order valence-corrected chi connectivity index (χ0v) is 34.2. The number of hydrogen-bond acceptors (Lipinski definition) is 10. The molecular weight excluding hydrogens is 787 g/mol. The van der Waals surface area contributed by atoms with Crippen molar-refractivity contribution >= 4 is 61.3 Å². The van der Waals surface area contributed by atoms with Crippen molar-refractivity contribution in [1.29, 1.82) is 0 Å². The van der Waals surface area contributed by atoms with Gasteiger partial charge in [0.1, 0.15) is 21.4 Å². The number of H-pyrrole nitrogens is 1. The monoisotopic (exact) mass is 832 g/mol. The Hall–Kier alpha value is -4.66. The maximum absolute atomic E-state index is 13.7. The second-order valence-electron chi connectivity index (χ2n) is 15.1. The molecular formula is C42H46Cl2N6O6S. The van der Waals surface area contributed by atoms with Gasteiger partial charge in [-0.05, 0) is 91.1 Å². The van der Waals surface area contributed by atoms with Crippen molar-refractivity contribution in [3.63, 3.8) is 0 Å². The molecule has 5 aromatic rings. The number of sulfonamides is 1. The summed E-state index contributed by atoms with van der Waals surface area (Å²) in [5, 5.41) is 15.4. The summed E-state index contributed by atoms with van der Waals surface area (Å²) in [6.07, 6.45) is 8.65.